The lowest BCUT2D eigenvalue weighted by atomic mass is 9.97. The lowest BCUT2D eigenvalue weighted by Gasteiger charge is -2.32. The number of piperidine rings is 1. The molecule has 2 fully saturated rings. The molecule has 1 atom stereocenters. The molecule has 3 aromatic rings. The monoisotopic (exact) mass is 376 g/mol. The number of nitrogens with one attached hydrogen (secondary N) is 1. The molecule has 0 bridgehead atoms. The summed E-state index contributed by atoms with van der Waals surface area (Å²) in [5.74, 6) is 1.72. The van der Waals surface area contributed by atoms with Gasteiger partial charge in [0.05, 0.1) is 0 Å². The highest BCUT2D eigenvalue weighted by atomic mass is 16.2. The predicted octanol–water partition coefficient (Wildman–Crippen LogP) is 3.36. The second kappa shape index (κ2) is 6.93. The number of H-pyrrole nitrogens is 1. The molecule has 1 aliphatic carbocycles. The Balaban J connectivity index is 1.37. The number of carbonyl (C=O) groups excluding carboxylic acids is 2. The summed E-state index contributed by atoms with van der Waals surface area (Å²) in [6.07, 6.45) is 9.48. The van der Waals surface area contributed by atoms with E-state index >= 15 is 0 Å². The third kappa shape index (κ3) is 3.13. The van der Waals surface area contributed by atoms with E-state index in [1.165, 1.54) is 0 Å². The standard InChI is InChI=1S/C22H24N4O2/c27-20(25-11-3-4-16(12-25)22-23-9-10-24-22)14-26-13-18(21(28)15-7-8-15)17-5-1-2-6-19(17)26/h1-2,5-6,9-10,13,15-16H,3-4,7-8,11-12,14H2,(H,23,24). The zero-order valence-corrected chi connectivity index (χ0v) is 15.8. The summed E-state index contributed by atoms with van der Waals surface area (Å²) in [6, 6.07) is 7.90. The molecule has 5 rings (SSSR count). The van der Waals surface area contributed by atoms with Crippen LogP contribution in [0.2, 0.25) is 0 Å². The first kappa shape index (κ1) is 17.2. The van der Waals surface area contributed by atoms with Gasteiger partial charge in [-0.25, -0.2) is 4.98 Å². The quantitative estimate of drug-likeness (QED) is 0.694. The van der Waals surface area contributed by atoms with Crippen LogP contribution in [0.5, 0.6) is 0 Å². The van der Waals surface area contributed by atoms with E-state index in [1.807, 2.05) is 46.1 Å². The first-order valence-electron chi connectivity index (χ1n) is 10.1. The van der Waals surface area contributed by atoms with Gasteiger partial charge in [0.1, 0.15) is 12.4 Å². The molecule has 6 heteroatoms. The summed E-state index contributed by atoms with van der Waals surface area (Å²) in [7, 11) is 0. The van der Waals surface area contributed by atoms with Crippen LogP contribution in [0.1, 0.15) is 47.8 Å². The minimum atomic E-state index is 0.0995. The van der Waals surface area contributed by atoms with E-state index in [0.717, 1.165) is 54.5 Å². The van der Waals surface area contributed by atoms with E-state index in [1.54, 1.807) is 6.20 Å². The van der Waals surface area contributed by atoms with Gasteiger partial charge in [-0.2, -0.15) is 0 Å². The Bertz CT molecular complexity index is 1020. The second-order valence-electron chi connectivity index (χ2n) is 7.98. The zero-order valence-electron chi connectivity index (χ0n) is 15.8. The van der Waals surface area contributed by atoms with Gasteiger partial charge in [0.25, 0.3) is 0 Å². The van der Waals surface area contributed by atoms with E-state index in [9.17, 15) is 9.59 Å². The average molecular weight is 376 g/mol. The predicted molar refractivity (Wildman–Crippen MR) is 106 cm³/mol. The van der Waals surface area contributed by atoms with Gasteiger partial charge in [-0.05, 0) is 31.7 Å². The van der Waals surface area contributed by atoms with Crippen molar-refractivity contribution in [3.8, 4) is 0 Å². The van der Waals surface area contributed by atoms with Gasteiger partial charge < -0.3 is 14.5 Å². The number of likely N-dealkylation sites (tertiary alicyclic amines) is 1. The number of amides is 1. The number of carbonyl (C=O) groups is 2. The number of Topliss-reactive ketones (excluding diaryl/α,β-unsaturated/α-hetero) is 1. The van der Waals surface area contributed by atoms with Crippen LogP contribution in [0.25, 0.3) is 10.9 Å². The fourth-order valence-corrected chi connectivity index (χ4v) is 4.31. The molecule has 1 aliphatic heterocycles. The maximum Gasteiger partial charge on any atom is 0.242 e. The fourth-order valence-electron chi connectivity index (χ4n) is 4.31. The highest BCUT2D eigenvalue weighted by molar-refractivity contribution is 6.10. The molecular formula is C22H24N4O2. The lowest BCUT2D eigenvalue weighted by Crippen LogP contribution is -2.41. The number of hydrogen-bond acceptors (Lipinski definition) is 3. The molecule has 1 unspecified atom stereocenters. The van der Waals surface area contributed by atoms with Crippen molar-refractivity contribution in [1.29, 1.82) is 0 Å². The highest BCUT2D eigenvalue weighted by Crippen LogP contribution is 2.35. The van der Waals surface area contributed by atoms with Crippen molar-refractivity contribution in [2.24, 2.45) is 5.92 Å². The Kier molecular flexibility index (Phi) is 4.26. The molecule has 1 amide bonds. The zero-order chi connectivity index (χ0) is 19.1. The van der Waals surface area contributed by atoms with Gasteiger partial charge in [0.2, 0.25) is 5.91 Å². The number of rotatable bonds is 5. The van der Waals surface area contributed by atoms with E-state index in [2.05, 4.69) is 9.97 Å². The van der Waals surface area contributed by atoms with Crippen molar-refractivity contribution in [2.45, 2.75) is 38.1 Å². The van der Waals surface area contributed by atoms with Crippen LogP contribution < -0.4 is 0 Å². The molecule has 144 valence electrons. The van der Waals surface area contributed by atoms with Crippen molar-refractivity contribution >= 4 is 22.6 Å². The summed E-state index contributed by atoms with van der Waals surface area (Å²) < 4.78 is 1.95. The van der Waals surface area contributed by atoms with Crippen molar-refractivity contribution in [2.75, 3.05) is 13.1 Å². The normalized spacial score (nSPS) is 19.9. The van der Waals surface area contributed by atoms with E-state index in [4.69, 9.17) is 0 Å². The Morgan fingerprint density at radius 2 is 2.04 bits per heavy atom. The average Bonchev–Trinajstić information content (AvgIpc) is 3.31. The summed E-state index contributed by atoms with van der Waals surface area (Å²) >= 11 is 0. The van der Waals surface area contributed by atoms with Gasteiger partial charge in [-0.1, -0.05) is 18.2 Å². The van der Waals surface area contributed by atoms with Crippen LogP contribution in [-0.2, 0) is 11.3 Å². The summed E-state index contributed by atoms with van der Waals surface area (Å²) in [5, 5.41) is 0.958. The SMILES string of the molecule is O=C(c1cn(CC(=O)N2CCCC(c3ncc[nH]3)C2)c2ccccc12)C1CC1. The molecule has 3 heterocycles. The summed E-state index contributed by atoms with van der Waals surface area (Å²) in [5.41, 5.74) is 1.72. The Hall–Kier alpha value is -2.89. The van der Waals surface area contributed by atoms with Crippen molar-refractivity contribution < 1.29 is 9.59 Å². The molecule has 0 radical (unpaired) electrons. The van der Waals surface area contributed by atoms with Gasteiger partial charge in [-0.15, -0.1) is 0 Å². The number of aromatic amines is 1. The number of benzene rings is 1. The minimum Gasteiger partial charge on any atom is -0.348 e. The van der Waals surface area contributed by atoms with E-state index in [-0.39, 0.29) is 30.1 Å². The Labute approximate surface area is 163 Å². The summed E-state index contributed by atoms with van der Waals surface area (Å²) in [4.78, 5) is 35.2. The number of para-hydroxylation sites is 1. The molecule has 1 saturated heterocycles. The number of hydrogen-bond donors (Lipinski definition) is 1. The molecule has 6 nitrogen and oxygen atoms in total. The first-order chi connectivity index (χ1) is 13.7. The molecule has 2 aromatic heterocycles. The number of ketones is 1. The van der Waals surface area contributed by atoms with Gasteiger partial charge in [0.15, 0.2) is 5.78 Å². The molecule has 2 aliphatic rings. The van der Waals surface area contributed by atoms with Crippen LogP contribution >= 0.6 is 0 Å². The second-order valence-corrected chi connectivity index (χ2v) is 7.98. The van der Waals surface area contributed by atoms with Crippen molar-refractivity contribution in [3.63, 3.8) is 0 Å². The smallest absolute Gasteiger partial charge is 0.242 e. The third-order valence-corrected chi connectivity index (χ3v) is 5.99. The lowest BCUT2D eigenvalue weighted by molar-refractivity contribution is -0.133. The molecule has 1 N–H and O–H groups in total. The van der Waals surface area contributed by atoms with Crippen molar-refractivity contribution in [1.82, 2.24) is 19.4 Å². The van der Waals surface area contributed by atoms with Crippen LogP contribution in [0.3, 0.4) is 0 Å². The minimum absolute atomic E-state index is 0.0995. The first-order valence-corrected chi connectivity index (χ1v) is 10.1. The summed E-state index contributed by atoms with van der Waals surface area (Å²) in [6.45, 7) is 1.74. The number of nitrogens with zero attached hydrogens (tertiary/aromatic N) is 3. The third-order valence-electron chi connectivity index (χ3n) is 5.99. The van der Waals surface area contributed by atoms with Gasteiger partial charge in [-0.3, -0.25) is 9.59 Å². The fraction of sp³-hybridized carbons (Fsp3) is 0.409. The number of aromatic nitrogens is 3. The highest BCUT2D eigenvalue weighted by Gasteiger charge is 2.32. The van der Waals surface area contributed by atoms with E-state index < -0.39 is 0 Å². The topological polar surface area (TPSA) is 71.0 Å². The number of fused-ring (bicyclic) bond motifs is 1. The molecule has 1 aromatic carbocycles. The van der Waals surface area contributed by atoms with Gasteiger partial charge >= 0.3 is 0 Å². The molecule has 28 heavy (non-hydrogen) atoms. The molecule has 0 spiro atoms. The van der Waals surface area contributed by atoms with Crippen LogP contribution in [-0.4, -0.2) is 44.2 Å². The Morgan fingerprint density at radius 1 is 1.18 bits per heavy atom. The van der Waals surface area contributed by atoms with Crippen molar-refractivity contribution in [3.05, 3.63) is 54.2 Å². The maximum atomic E-state index is 13.0. The molecular weight excluding hydrogens is 352 g/mol. The maximum absolute atomic E-state index is 13.0. The van der Waals surface area contributed by atoms with E-state index in [0.29, 0.717) is 6.54 Å². The largest absolute Gasteiger partial charge is 0.348 e. The molecule has 1 saturated carbocycles. The van der Waals surface area contributed by atoms with Crippen LogP contribution in [0.4, 0.5) is 0 Å². The van der Waals surface area contributed by atoms with Crippen LogP contribution in [0.15, 0.2) is 42.9 Å². The Morgan fingerprint density at radius 3 is 2.82 bits per heavy atom. The number of imidazole rings is 1. The van der Waals surface area contributed by atoms with Gasteiger partial charge in [0, 0.05) is 60.0 Å². The van der Waals surface area contributed by atoms with Crippen LogP contribution in [0, 0.1) is 5.92 Å².